The van der Waals surface area contributed by atoms with E-state index in [0.717, 1.165) is 11.9 Å². The number of amides is 11. The van der Waals surface area contributed by atoms with E-state index >= 15 is 0 Å². The van der Waals surface area contributed by atoms with E-state index in [0.29, 0.717) is 5.56 Å². The monoisotopic (exact) mass is 965 g/mol. The van der Waals surface area contributed by atoms with E-state index in [1.54, 1.807) is 27.7 Å². The summed E-state index contributed by atoms with van der Waals surface area (Å²) in [5.74, 6) is -13.6. The van der Waals surface area contributed by atoms with Gasteiger partial charge in [-0.05, 0) is 42.4 Å². The molecular weight excluding hydrogens is 903 g/mol. The van der Waals surface area contributed by atoms with Crippen LogP contribution in [0, 0.1) is 11.8 Å². The summed E-state index contributed by atoms with van der Waals surface area (Å²) in [5, 5.41) is 26.6. The Balaban J connectivity index is 2.64. The van der Waals surface area contributed by atoms with Crippen LogP contribution in [-0.4, -0.2) is 151 Å². The standard InChI is InChI=1S/C41H63N11O14S/c1-6-22(4)35-40(63)47-25(11-12-29(42)54)36(59)49-28(18-30(43)55)37(60)48-26(41(64)52(5)20-33(58)50-34(21(2)3)39(62)45-19-31(44)56)13-15-67(65,66)16-14-32(57)46-27(38(61)51-35)17-23-7-9-24(53)10-8-23/h7-10,21-22,25-28,34-35,53H,6,11-20H2,1-5H3,(H2,42,54)(H2,43,55)(H2,44,56)(H,45,62)(H,46,57)(H,47,63)(H,48,60)(H,49,59)(H,50,58)(H,51,61)/t22-,25-,26-,27-,28-,34-,35-/m0/s1. The number of phenolic OH excluding ortho intramolecular Hbond substituents is 1. The molecule has 1 heterocycles. The number of sulfone groups is 1. The van der Waals surface area contributed by atoms with Crippen molar-refractivity contribution in [2.24, 2.45) is 29.0 Å². The van der Waals surface area contributed by atoms with Crippen LogP contribution in [0.1, 0.15) is 71.8 Å². The Labute approximate surface area is 387 Å². The van der Waals surface area contributed by atoms with Gasteiger partial charge in [0.25, 0.3) is 0 Å². The predicted molar refractivity (Wildman–Crippen MR) is 238 cm³/mol. The molecule has 0 aliphatic carbocycles. The number of phenols is 1. The molecule has 1 saturated heterocycles. The second-order valence-corrected chi connectivity index (χ2v) is 18.9. The molecule has 2 rings (SSSR count). The molecule has 1 aromatic carbocycles. The minimum absolute atomic E-state index is 0.0934. The first-order chi connectivity index (χ1) is 31.2. The molecule has 25 nitrogen and oxygen atoms in total. The van der Waals surface area contributed by atoms with Gasteiger partial charge in [0.15, 0.2) is 9.84 Å². The van der Waals surface area contributed by atoms with E-state index in [1.807, 2.05) is 0 Å². The van der Waals surface area contributed by atoms with Crippen LogP contribution in [0.5, 0.6) is 5.75 Å². The Bertz CT molecular complexity index is 2120. The minimum atomic E-state index is -4.27. The summed E-state index contributed by atoms with van der Waals surface area (Å²) in [7, 11) is -3.15. The van der Waals surface area contributed by atoms with Crippen LogP contribution in [-0.2, 0) is 69.0 Å². The normalized spacial score (nSPS) is 21.9. The first-order valence-electron chi connectivity index (χ1n) is 21.4. The summed E-state index contributed by atoms with van der Waals surface area (Å²) >= 11 is 0. The smallest absolute Gasteiger partial charge is 0.245 e. The van der Waals surface area contributed by atoms with Gasteiger partial charge in [-0.2, -0.15) is 0 Å². The van der Waals surface area contributed by atoms with Crippen molar-refractivity contribution in [3.63, 3.8) is 0 Å². The zero-order valence-corrected chi connectivity index (χ0v) is 38.9. The van der Waals surface area contributed by atoms with Crippen LogP contribution in [0.4, 0.5) is 0 Å². The first-order valence-corrected chi connectivity index (χ1v) is 23.2. The van der Waals surface area contributed by atoms with E-state index in [1.165, 1.54) is 24.3 Å². The number of rotatable bonds is 17. The van der Waals surface area contributed by atoms with Crippen LogP contribution < -0.4 is 54.4 Å². The number of hydrogen-bond acceptors (Lipinski definition) is 14. The van der Waals surface area contributed by atoms with E-state index in [4.69, 9.17) is 17.2 Å². The molecule has 0 spiro atoms. The molecule has 1 aliphatic heterocycles. The molecule has 14 N–H and O–H groups in total. The lowest BCUT2D eigenvalue weighted by Crippen LogP contribution is -2.61. The van der Waals surface area contributed by atoms with Gasteiger partial charge in [0.05, 0.1) is 31.0 Å². The lowest BCUT2D eigenvalue weighted by atomic mass is 9.96. The molecule has 0 aromatic heterocycles. The fourth-order valence-corrected chi connectivity index (χ4v) is 7.87. The molecule has 372 valence electrons. The summed E-state index contributed by atoms with van der Waals surface area (Å²) in [6.45, 7) is 5.18. The Hall–Kier alpha value is -6.86. The highest BCUT2D eigenvalue weighted by atomic mass is 32.2. The Morgan fingerprint density at radius 2 is 1.39 bits per heavy atom. The molecule has 0 bridgehead atoms. The molecule has 1 aromatic rings. The number of carbonyl (C=O) groups is 11. The zero-order chi connectivity index (χ0) is 50.8. The second-order valence-electron chi connectivity index (χ2n) is 16.6. The van der Waals surface area contributed by atoms with E-state index in [-0.39, 0.29) is 18.6 Å². The SMILES string of the molecule is CC[C@H](C)[C@@H]1NC(=O)[C@H](Cc2ccc(O)cc2)NC(=O)CCS(=O)(=O)CC[C@@H](C(=O)N(C)CC(=O)N[C@H](C(=O)NCC(N)=O)C(C)C)NC(=O)[C@H](CC(N)=O)NC(=O)[C@H](CCC(N)=O)NC1=O. The van der Waals surface area contributed by atoms with Crippen molar-refractivity contribution >= 4 is 74.8 Å². The van der Waals surface area contributed by atoms with Crippen molar-refractivity contribution in [2.45, 2.75) is 109 Å². The van der Waals surface area contributed by atoms with Crippen molar-refractivity contribution in [3.05, 3.63) is 29.8 Å². The molecule has 7 atom stereocenters. The number of likely N-dealkylation sites (N-methyl/N-ethyl adjacent to an activating group) is 1. The number of nitrogens with zero attached hydrogens (tertiary/aromatic N) is 1. The molecule has 0 saturated carbocycles. The average molecular weight is 966 g/mol. The van der Waals surface area contributed by atoms with Gasteiger partial charge in [0.2, 0.25) is 65.0 Å². The van der Waals surface area contributed by atoms with Crippen LogP contribution in [0.15, 0.2) is 24.3 Å². The average Bonchev–Trinajstić information content (AvgIpc) is 3.24. The van der Waals surface area contributed by atoms with E-state index in [2.05, 4.69) is 37.2 Å². The molecule has 67 heavy (non-hydrogen) atoms. The molecule has 26 heteroatoms. The maximum atomic E-state index is 14.0. The van der Waals surface area contributed by atoms with Crippen LogP contribution in [0.25, 0.3) is 0 Å². The van der Waals surface area contributed by atoms with Gasteiger partial charge >= 0.3 is 0 Å². The molecule has 1 fully saturated rings. The fourth-order valence-electron chi connectivity index (χ4n) is 6.57. The van der Waals surface area contributed by atoms with Gasteiger partial charge in [0, 0.05) is 26.3 Å². The number of nitrogens with two attached hydrogens (primary N) is 3. The Morgan fingerprint density at radius 3 is 1.96 bits per heavy atom. The number of nitrogens with one attached hydrogen (secondary N) is 7. The lowest BCUT2D eigenvalue weighted by Gasteiger charge is -2.29. The third kappa shape index (κ3) is 19.6. The largest absolute Gasteiger partial charge is 0.508 e. The van der Waals surface area contributed by atoms with Crippen molar-refractivity contribution in [1.29, 1.82) is 0 Å². The van der Waals surface area contributed by atoms with Gasteiger partial charge in [-0.15, -0.1) is 0 Å². The van der Waals surface area contributed by atoms with E-state index in [9.17, 15) is 66.3 Å². The summed E-state index contributed by atoms with van der Waals surface area (Å²) < 4.78 is 26.9. The van der Waals surface area contributed by atoms with Crippen LogP contribution >= 0.6 is 0 Å². The lowest BCUT2D eigenvalue weighted by molar-refractivity contribution is -0.140. The van der Waals surface area contributed by atoms with Gasteiger partial charge in [-0.3, -0.25) is 52.7 Å². The Kier molecular flexibility index (Phi) is 22.1. The third-order valence-electron chi connectivity index (χ3n) is 10.6. The maximum Gasteiger partial charge on any atom is 0.245 e. The summed E-state index contributed by atoms with van der Waals surface area (Å²) in [4.78, 5) is 145. The van der Waals surface area contributed by atoms with Gasteiger partial charge in [-0.25, -0.2) is 8.42 Å². The molecule has 0 unspecified atom stereocenters. The number of hydrogen-bond donors (Lipinski definition) is 11. The molecule has 11 amide bonds. The summed E-state index contributed by atoms with van der Waals surface area (Å²) in [6, 6.07) is -3.73. The number of aromatic hydroxyl groups is 1. The first kappa shape index (κ1) is 56.3. The molecular formula is C41H63N11O14S. The van der Waals surface area contributed by atoms with Crippen LogP contribution in [0.2, 0.25) is 0 Å². The topological polar surface area (TPSA) is 408 Å². The minimum Gasteiger partial charge on any atom is -0.508 e. The third-order valence-corrected chi connectivity index (χ3v) is 12.3. The highest BCUT2D eigenvalue weighted by molar-refractivity contribution is 7.91. The van der Waals surface area contributed by atoms with Crippen molar-refractivity contribution < 1.29 is 66.3 Å². The second kappa shape index (κ2) is 26.3. The van der Waals surface area contributed by atoms with Crippen molar-refractivity contribution in [3.8, 4) is 5.75 Å². The van der Waals surface area contributed by atoms with Crippen molar-refractivity contribution in [2.75, 3.05) is 31.6 Å². The highest BCUT2D eigenvalue weighted by Crippen LogP contribution is 2.15. The molecule has 1 aliphatic rings. The van der Waals surface area contributed by atoms with E-state index < -0.39 is 180 Å². The van der Waals surface area contributed by atoms with Gasteiger partial charge < -0.3 is 64.4 Å². The zero-order valence-electron chi connectivity index (χ0n) is 38.0. The van der Waals surface area contributed by atoms with Gasteiger partial charge in [0.1, 0.15) is 42.0 Å². The number of carbonyl (C=O) groups excluding carboxylic acids is 11. The molecule has 0 radical (unpaired) electrons. The fraction of sp³-hybridized carbons (Fsp3) is 0.585. The number of primary amides is 3. The quantitative estimate of drug-likeness (QED) is 0.0697. The maximum absolute atomic E-state index is 14.0. The summed E-state index contributed by atoms with van der Waals surface area (Å²) in [5.41, 5.74) is 16.3. The predicted octanol–water partition coefficient (Wildman–Crippen LogP) is -5.05. The Morgan fingerprint density at radius 1 is 0.791 bits per heavy atom. The summed E-state index contributed by atoms with van der Waals surface area (Å²) in [6.07, 6.45) is -3.12. The highest BCUT2D eigenvalue weighted by Gasteiger charge is 2.36. The van der Waals surface area contributed by atoms with Crippen LogP contribution in [0.3, 0.4) is 0 Å². The number of benzene rings is 1. The van der Waals surface area contributed by atoms with Crippen molar-refractivity contribution in [1.82, 2.24) is 42.1 Å². The van der Waals surface area contributed by atoms with Gasteiger partial charge in [-0.1, -0.05) is 46.2 Å².